The lowest BCUT2D eigenvalue weighted by molar-refractivity contribution is -0.122. The number of rotatable bonds is 7. The summed E-state index contributed by atoms with van der Waals surface area (Å²) in [6, 6.07) is -0.148. The average molecular weight is 224 g/mol. The highest BCUT2D eigenvalue weighted by Crippen LogP contribution is 2.14. The van der Waals surface area contributed by atoms with Crippen LogP contribution in [-0.4, -0.2) is 18.5 Å². The van der Waals surface area contributed by atoms with Crippen LogP contribution in [0.2, 0.25) is 0 Å². The summed E-state index contributed by atoms with van der Waals surface area (Å²) in [6.45, 7) is 6.78. The van der Waals surface area contributed by atoms with Gasteiger partial charge in [0.05, 0.1) is 6.04 Å². The number of amides is 1. The number of carbonyl (C=O) groups excluding carboxylic acids is 1. The first-order valence-corrected chi connectivity index (χ1v) is 5.99. The number of hydrogen-bond donors (Lipinski definition) is 2. The van der Waals surface area contributed by atoms with Gasteiger partial charge in [-0.05, 0) is 31.2 Å². The summed E-state index contributed by atoms with van der Waals surface area (Å²) in [5.74, 6) is 3.39. The molecule has 0 radical (unpaired) electrons. The van der Waals surface area contributed by atoms with Gasteiger partial charge in [-0.1, -0.05) is 26.7 Å². The summed E-state index contributed by atoms with van der Waals surface area (Å²) in [4.78, 5) is 11.7. The van der Waals surface area contributed by atoms with E-state index in [4.69, 9.17) is 12.2 Å². The number of terminal acetylenes is 1. The van der Waals surface area contributed by atoms with Crippen LogP contribution in [0.1, 0.15) is 40.0 Å². The number of nitrogens with one attached hydrogen (secondary N) is 1. The summed E-state index contributed by atoms with van der Waals surface area (Å²) in [5.41, 5.74) is 5.64. The lowest BCUT2D eigenvalue weighted by atomic mass is 9.94. The second-order valence-corrected chi connectivity index (χ2v) is 4.63. The zero-order chi connectivity index (χ0) is 12.6. The average Bonchev–Trinajstić information content (AvgIpc) is 2.24. The fraction of sp³-hybridized carbons (Fsp3) is 0.769. The molecule has 0 fully saturated rings. The van der Waals surface area contributed by atoms with Crippen molar-refractivity contribution in [3.63, 3.8) is 0 Å². The summed E-state index contributed by atoms with van der Waals surface area (Å²) < 4.78 is 0. The lowest BCUT2D eigenvalue weighted by Gasteiger charge is -2.18. The van der Waals surface area contributed by atoms with E-state index in [1.54, 1.807) is 0 Å². The molecule has 0 aliphatic carbocycles. The highest BCUT2D eigenvalue weighted by molar-refractivity contribution is 5.76. The van der Waals surface area contributed by atoms with Gasteiger partial charge in [-0.3, -0.25) is 4.79 Å². The molecule has 0 aromatic rings. The van der Waals surface area contributed by atoms with Crippen molar-refractivity contribution >= 4 is 5.91 Å². The molecule has 0 aromatic carbocycles. The Kier molecular flexibility index (Phi) is 7.66. The first kappa shape index (κ1) is 15.0. The molecule has 3 N–H and O–H groups in total. The van der Waals surface area contributed by atoms with Gasteiger partial charge in [0, 0.05) is 6.42 Å². The standard InChI is InChI=1S/C13H24N2O/c1-5-12(6-2)15-13(16)8-11(9-14)7-10(3)4/h1,10-12H,6-9,14H2,2-4H3,(H,15,16). The van der Waals surface area contributed by atoms with Gasteiger partial charge in [0.15, 0.2) is 0 Å². The fourth-order valence-corrected chi connectivity index (χ4v) is 1.71. The maximum Gasteiger partial charge on any atom is 0.221 e. The van der Waals surface area contributed by atoms with Crippen molar-refractivity contribution < 1.29 is 4.79 Å². The van der Waals surface area contributed by atoms with E-state index in [-0.39, 0.29) is 17.9 Å². The third kappa shape index (κ3) is 6.47. The van der Waals surface area contributed by atoms with Crippen molar-refractivity contribution in [3.05, 3.63) is 0 Å². The van der Waals surface area contributed by atoms with Crippen molar-refractivity contribution in [2.45, 2.75) is 46.1 Å². The lowest BCUT2D eigenvalue weighted by Crippen LogP contribution is -2.35. The van der Waals surface area contributed by atoms with Gasteiger partial charge < -0.3 is 11.1 Å². The number of hydrogen-bond acceptors (Lipinski definition) is 2. The Bertz CT molecular complexity index is 243. The van der Waals surface area contributed by atoms with E-state index in [1.165, 1.54) is 0 Å². The fourth-order valence-electron chi connectivity index (χ4n) is 1.71. The maximum absolute atomic E-state index is 11.7. The predicted octanol–water partition coefficient (Wildman–Crippen LogP) is 1.53. The molecule has 0 saturated heterocycles. The SMILES string of the molecule is C#CC(CC)NC(=O)CC(CN)CC(C)C. The second-order valence-electron chi connectivity index (χ2n) is 4.63. The van der Waals surface area contributed by atoms with Crippen molar-refractivity contribution in [2.24, 2.45) is 17.6 Å². The quantitative estimate of drug-likeness (QED) is 0.644. The molecule has 0 aliphatic rings. The molecule has 0 aliphatic heterocycles. The van der Waals surface area contributed by atoms with Crippen molar-refractivity contribution in [2.75, 3.05) is 6.54 Å². The molecule has 0 aromatic heterocycles. The molecule has 1 amide bonds. The van der Waals surface area contributed by atoms with Crippen molar-refractivity contribution in [1.82, 2.24) is 5.32 Å². The minimum atomic E-state index is -0.148. The molecule has 92 valence electrons. The molecule has 0 bridgehead atoms. The van der Waals surface area contributed by atoms with Crippen LogP contribution < -0.4 is 11.1 Å². The molecule has 3 nitrogen and oxygen atoms in total. The van der Waals surface area contributed by atoms with Gasteiger partial charge in [0.2, 0.25) is 5.91 Å². The Balaban J connectivity index is 4.06. The van der Waals surface area contributed by atoms with Gasteiger partial charge in [0.25, 0.3) is 0 Å². The molecule has 2 unspecified atom stereocenters. The number of carbonyl (C=O) groups is 1. The van der Waals surface area contributed by atoms with Gasteiger partial charge in [0.1, 0.15) is 0 Å². The molecular formula is C13H24N2O. The Morgan fingerprint density at radius 2 is 2.12 bits per heavy atom. The first-order chi connectivity index (χ1) is 7.53. The van der Waals surface area contributed by atoms with Crippen LogP contribution in [0.25, 0.3) is 0 Å². The van der Waals surface area contributed by atoms with Crippen molar-refractivity contribution in [1.29, 1.82) is 0 Å². The third-order valence-corrected chi connectivity index (χ3v) is 2.56. The van der Waals surface area contributed by atoms with Gasteiger partial charge >= 0.3 is 0 Å². The Morgan fingerprint density at radius 1 is 1.50 bits per heavy atom. The van der Waals surface area contributed by atoms with Gasteiger partial charge in [-0.2, -0.15) is 0 Å². The Morgan fingerprint density at radius 3 is 2.50 bits per heavy atom. The topological polar surface area (TPSA) is 55.1 Å². The van der Waals surface area contributed by atoms with E-state index in [2.05, 4.69) is 25.1 Å². The smallest absolute Gasteiger partial charge is 0.221 e. The van der Waals surface area contributed by atoms with Gasteiger partial charge in [-0.15, -0.1) is 6.42 Å². The minimum absolute atomic E-state index is 0.0147. The zero-order valence-corrected chi connectivity index (χ0v) is 10.6. The highest BCUT2D eigenvalue weighted by Gasteiger charge is 2.15. The molecule has 2 atom stereocenters. The van der Waals surface area contributed by atoms with Crippen molar-refractivity contribution in [3.8, 4) is 12.3 Å². The summed E-state index contributed by atoms with van der Waals surface area (Å²) >= 11 is 0. The second kappa shape index (κ2) is 8.18. The van der Waals surface area contributed by atoms with Crippen LogP contribution >= 0.6 is 0 Å². The monoisotopic (exact) mass is 224 g/mol. The number of nitrogens with two attached hydrogens (primary N) is 1. The molecule has 0 spiro atoms. The normalized spacial score (nSPS) is 14.2. The molecule has 0 heterocycles. The van der Waals surface area contributed by atoms with Gasteiger partial charge in [-0.25, -0.2) is 0 Å². The van der Waals surface area contributed by atoms with Crippen LogP contribution in [0.5, 0.6) is 0 Å². The summed E-state index contributed by atoms with van der Waals surface area (Å²) in [7, 11) is 0. The largest absolute Gasteiger partial charge is 0.342 e. The van der Waals surface area contributed by atoms with Crippen LogP contribution in [0, 0.1) is 24.2 Å². The molecule has 0 saturated carbocycles. The van der Waals surface area contributed by atoms with E-state index in [0.29, 0.717) is 18.9 Å². The molecular weight excluding hydrogens is 200 g/mol. The van der Waals surface area contributed by atoms with E-state index >= 15 is 0 Å². The van der Waals surface area contributed by atoms with Crippen LogP contribution in [-0.2, 0) is 4.79 Å². The first-order valence-electron chi connectivity index (χ1n) is 5.99. The molecule has 0 rings (SSSR count). The highest BCUT2D eigenvalue weighted by atomic mass is 16.1. The molecule has 16 heavy (non-hydrogen) atoms. The van der Waals surface area contributed by atoms with E-state index < -0.39 is 0 Å². The zero-order valence-electron chi connectivity index (χ0n) is 10.6. The van der Waals surface area contributed by atoms with E-state index in [0.717, 1.165) is 12.8 Å². The predicted molar refractivity (Wildman–Crippen MR) is 67.7 cm³/mol. The Hall–Kier alpha value is -1.01. The van der Waals surface area contributed by atoms with E-state index in [9.17, 15) is 4.79 Å². The third-order valence-electron chi connectivity index (χ3n) is 2.56. The maximum atomic E-state index is 11.7. The van der Waals surface area contributed by atoms with Crippen LogP contribution in [0.4, 0.5) is 0 Å². The van der Waals surface area contributed by atoms with Crippen LogP contribution in [0.15, 0.2) is 0 Å². The summed E-state index contributed by atoms with van der Waals surface area (Å²) in [6.07, 6.45) is 7.51. The van der Waals surface area contributed by atoms with E-state index in [1.807, 2.05) is 6.92 Å². The minimum Gasteiger partial charge on any atom is -0.342 e. The summed E-state index contributed by atoms with van der Waals surface area (Å²) in [5, 5.41) is 2.82. The molecule has 3 heteroatoms. The van der Waals surface area contributed by atoms with Crippen LogP contribution in [0.3, 0.4) is 0 Å². The Labute approximate surface area is 99.2 Å².